The zero-order chi connectivity index (χ0) is 8.72. The van der Waals surface area contributed by atoms with Gasteiger partial charge in [0, 0.05) is 0 Å². The zero-order valence-corrected chi connectivity index (χ0v) is 8.72. The summed E-state index contributed by atoms with van der Waals surface area (Å²) in [7, 11) is 0. The summed E-state index contributed by atoms with van der Waals surface area (Å²) in [6.45, 7) is 7.27. The van der Waals surface area contributed by atoms with Crippen molar-refractivity contribution < 1.29 is 0 Å². The van der Waals surface area contributed by atoms with E-state index in [-0.39, 0.29) is 0 Å². The molecule has 70 valence electrons. The first-order chi connectivity index (χ1) is 5.68. The maximum Gasteiger partial charge on any atom is -0.0352 e. The van der Waals surface area contributed by atoms with Crippen molar-refractivity contribution in [1.82, 2.24) is 0 Å². The molecule has 4 atom stereocenters. The average Bonchev–Trinajstić information content (AvgIpc) is 2.43. The van der Waals surface area contributed by atoms with Crippen LogP contribution in [-0.2, 0) is 0 Å². The van der Waals surface area contributed by atoms with Crippen LogP contribution in [0.2, 0.25) is 0 Å². The quantitative estimate of drug-likeness (QED) is 0.557. The number of hydrogen-bond donors (Lipinski definition) is 0. The topological polar surface area (TPSA) is 0 Å². The van der Waals surface area contributed by atoms with E-state index in [1.54, 1.807) is 0 Å². The van der Waals surface area contributed by atoms with Gasteiger partial charge in [-0.2, -0.15) is 0 Å². The summed E-state index contributed by atoms with van der Waals surface area (Å²) in [5, 5.41) is 0. The standard InChI is InChI=1S/C12H22/c1-8(2)11-5-4-10-6-9(3)7-12(10)11/h8-12H,4-7H2,1-3H3. The van der Waals surface area contributed by atoms with Crippen molar-refractivity contribution in [1.29, 1.82) is 0 Å². The third-order valence-corrected chi connectivity index (χ3v) is 4.26. The lowest BCUT2D eigenvalue weighted by molar-refractivity contribution is 0.272. The second kappa shape index (κ2) is 3.05. The highest BCUT2D eigenvalue weighted by atomic mass is 14.5. The molecule has 0 bridgehead atoms. The summed E-state index contributed by atoms with van der Waals surface area (Å²) in [5.41, 5.74) is 0. The first-order valence-corrected chi connectivity index (χ1v) is 5.68. The van der Waals surface area contributed by atoms with Gasteiger partial charge < -0.3 is 0 Å². The fourth-order valence-corrected chi connectivity index (χ4v) is 3.75. The summed E-state index contributed by atoms with van der Waals surface area (Å²) in [6.07, 6.45) is 6.14. The molecule has 0 aliphatic heterocycles. The molecular formula is C12H22. The van der Waals surface area contributed by atoms with Crippen LogP contribution in [0.1, 0.15) is 46.5 Å². The predicted octanol–water partition coefficient (Wildman–Crippen LogP) is 3.71. The van der Waals surface area contributed by atoms with E-state index in [0.717, 1.165) is 29.6 Å². The summed E-state index contributed by atoms with van der Waals surface area (Å²) >= 11 is 0. The Labute approximate surface area is 76.7 Å². The highest BCUT2D eigenvalue weighted by molar-refractivity contribution is 4.92. The lowest BCUT2D eigenvalue weighted by atomic mass is 9.83. The largest absolute Gasteiger partial charge is 0.0625 e. The first-order valence-electron chi connectivity index (χ1n) is 5.68. The Morgan fingerprint density at radius 3 is 2.50 bits per heavy atom. The van der Waals surface area contributed by atoms with Crippen LogP contribution in [0, 0.1) is 29.6 Å². The van der Waals surface area contributed by atoms with Gasteiger partial charge in [0.1, 0.15) is 0 Å². The highest BCUT2D eigenvalue weighted by Crippen LogP contribution is 2.51. The minimum atomic E-state index is 0.935. The van der Waals surface area contributed by atoms with Crippen molar-refractivity contribution in [2.24, 2.45) is 29.6 Å². The summed E-state index contributed by atoms with van der Waals surface area (Å²) in [5.74, 6) is 5.26. The zero-order valence-electron chi connectivity index (χ0n) is 8.72. The number of fused-ring (bicyclic) bond motifs is 1. The Balaban J connectivity index is 2.03. The molecule has 0 spiro atoms. The molecule has 12 heavy (non-hydrogen) atoms. The molecule has 4 unspecified atom stereocenters. The van der Waals surface area contributed by atoms with Gasteiger partial charge in [0.25, 0.3) is 0 Å². The third-order valence-electron chi connectivity index (χ3n) is 4.26. The van der Waals surface area contributed by atoms with Gasteiger partial charge in [-0.1, -0.05) is 20.8 Å². The Bertz CT molecular complexity index is 159. The molecule has 0 aromatic carbocycles. The van der Waals surface area contributed by atoms with Gasteiger partial charge in [0.2, 0.25) is 0 Å². The van der Waals surface area contributed by atoms with Gasteiger partial charge in [-0.3, -0.25) is 0 Å². The van der Waals surface area contributed by atoms with Gasteiger partial charge in [-0.25, -0.2) is 0 Å². The minimum absolute atomic E-state index is 0.935. The third kappa shape index (κ3) is 1.30. The Kier molecular flexibility index (Phi) is 2.18. The van der Waals surface area contributed by atoms with E-state index in [1.807, 2.05) is 0 Å². The van der Waals surface area contributed by atoms with Crippen LogP contribution in [0.3, 0.4) is 0 Å². The van der Waals surface area contributed by atoms with E-state index in [1.165, 1.54) is 25.7 Å². The van der Waals surface area contributed by atoms with Crippen LogP contribution in [0.5, 0.6) is 0 Å². The van der Waals surface area contributed by atoms with Gasteiger partial charge in [-0.15, -0.1) is 0 Å². The van der Waals surface area contributed by atoms with E-state index in [4.69, 9.17) is 0 Å². The van der Waals surface area contributed by atoms with Gasteiger partial charge in [-0.05, 0) is 55.3 Å². The number of hydrogen-bond acceptors (Lipinski definition) is 0. The van der Waals surface area contributed by atoms with Crippen molar-refractivity contribution in [3.63, 3.8) is 0 Å². The van der Waals surface area contributed by atoms with Crippen molar-refractivity contribution in [3.05, 3.63) is 0 Å². The van der Waals surface area contributed by atoms with Crippen molar-refractivity contribution in [2.75, 3.05) is 0 Å². The van der Waals surface area contributed by atoms with E-state index in [0.29, 0.717) is 0 Å². The Morgan fingerprint density at radius 2 is 1.83 bits per heavy atom. The summed E-state index contributed by atoms with van der Waals surface area (Å²) < 4.78 is 0. The normalized spacial score (nSPS) is 47.0. The predicted molar refractivity (Wildman–Crippen MR) is 52.9 cm³/mol. The monoisotopic (exact) mass is 166 g/mol. The number of rotatable bonds is 1. The van der Waals surface area contributed by atoms with E-state index in [9.17, 15) is 0 Å². The van der Waals surface area contributed by atoms with Crippen LogP contribution in [0.15, 0.2) is 0 Å². The molecular weight excluding hydrogens is 144 g/mol. The SMILES string of the molecule is CC1CC2CCC(C(C)C)C2C1. The van der Waals surface area contributed by atoms with Crippen LogP contribution in [0.4, 0.5) is 0 Å². The fraction of sp³-hybridized carbons (Fsp3) is 1.00. The molecule has 0 aromatic heterocycles. The van der Waals surface area contributed by atoms with Crippen LogP contribution >= 0.6 is 0 Å². The Morgan fingerprint density at radius 1 is 1.08 bits per heavy atom. The van der Waals surface area contributed by atoms with Gasteiger partial charge in [0.15, 0.2) is 0 Å². The van der Waals surface area contributed by atoms with Crippen LogP contribution < -0.4 is 0 Å². The molecule has 0 radical (unpaired) electrons. The maximum absolute atomic E-state index is 2.44. The van der Waals surface area contributed by atoms with Gasteiger partial charge >= 0.3 is 0 Å². The fourth-order valence-electron chi connectivity index (χ4n) is 3.75. The summed E-state index contributed by atoms with van der Waals surface area (Å²) in [4.78, 5) is 0. The molecule has 0 amide bonds. The van der Waals surface area contributed by atoms with Crippen molar-refractivity contribution >= 4 is 0 Å². The molecule has 0 aromatic rings. The van der Waals surface area contributed by atoms with Crippen LogP contribution in [0.25, 0.3) is 0 Å². The molecule has 0 heterocycles. The molecule has 2 fully saturated rings. The first kappa shape index (κ1) is 8.59. The maximum atomic E-state index is 2.44. The molecule has 0 nitrogen and oxygen atoms in total. The smallest absolute Gasteiger partial charge is 0.0352 e. The molecule has 0 heteroatoms. The average molecular weight is 166 g/mol. The molecule has 0 N–H and O–H groups in total. The molecule has 2 aliphatic rings. The summed E-state index contributed by atoms with van der Waals surface area (Å²) in [6, 6.07) is 0. The van der Waals surface area contributed by atoms with E-state index < -0.39 is 0 Å². The van der Waals surface area contributed by atoms with Gasteiger partial charge in [0.05, 0.1) is 0 Å². The lowest BCUT2D eigenvalue weighted by Gasteiger charge is -2.22. The highest BCUT2D eigenvalue weighted by Gasteiger charge is 2.42. The van der Waals surface area contributed by atoms with Crippen LogP contribution in [-0.4, -0.2) is 0 Å². The molecule has 2 saturated carbocycles. The second-order valence-electron chi connectivity index (χ2n) is 5.49. The van der Waals surface area contributed by atoms with E-state index >= 15 is 0 Å². The van der Waals surface area contributed by atoms with Crippen molar-refractivity contribution in [2.45, 2.75) is 46.5 Å². The Hall–Kier alpha value is 0. The van der Waals surface area contributed by atoms with Crippen molar-refractivity contribution in [3.8, 4) is 0 Å². The molecule has 2 aliphatic carbocycles. The minimum Gasteiger partial charge on any atom is -0.0625 e. The second-order valence-corrected chi connectivity index (χ2v) is 5.49. The molecule has 2 rings (SSSR count). The lowest BCUT2D eigenvalue weighted by Crippen LogP contribution is -2.15. The van der Waals surface area contributed by atoms with E-state index in [2.05, 4.69) is 20.8 Å². The molecule has 0 saturated heterocycles.